The van der Waals surface area contributed by atoms with Crippen LogP contribution in [-0.4, -0.2) is 73.6 Å². The molecular formula is C28H31ClF6N8O4Si. The molecule has 1 amide bonds. The molecule has 48 heavy (non-hydrogen) atoms. The van der Waals surface area contributed by atoms with Crippen LogP contribution in [0.15, 0.2) is 53.7 Å². The zero-order chi connectivity index (χ0) is 35.7. The zero-order valence-corrected chi connectivity index (χ0v) is 28.0. The Hall–Kier alpha value is -4.23. The number of rotatable bonds is 10. The van der Waals surface area contributed by atoms with Gasteiger partial charge in [-0.1, -0.05) is 32.4 Å². The number of pyridine rings is 1. The molecule has 0 spiro atoms. The summed E-state index contributed by atoms with van der Waals surface area (Å²) in [5.41, 5.74) is -0.512. The summed E-state index contributed by atoms with van der Waals surface area (Å²) in [7, 11) is -2.96. The van der Waals surface area contributed by atoms with Crippen LogP contribution in [0.4, 0.5) is 37.0 Å². The molecule has 0 aliphatic heterocycles. The largest absolute Gasteiger partial charge is 0.440 e. The first-order valence-corrected chi connectivity index (χ1v) is 17.5. The molecule has 4 aromatic rings. The van der Waals surface area contributed by atoms with E-state index in [-0.39, 0.29) is 23.2 Å². The lowest BCUT2D eigenvalue weighted by atomic mass is 10.2. The van der Waals surface area contributed by atoms with E-state index in [1.807, 2.05) is 0 Å². The number of ether oxygens (including phenoxy) is 1. The molecule has 3 aromatic heterocycles. The first-order valence-electron chi connectivity index (χ1n) is 14.2. The van der Waals surface area contributed by atoms with Gasteiger partial charge >= 0.3 is 24.1 Å². The number of hydrogen-bond acceptors (Lipinski definition) is 8. The predicted octanol–water partition coefficient (Wildman–Crippen LogP) is 6.45. The van der Waals surface area contributed by atoms with Crippen LogP contribution in [0.5, 0.6) is 0 Å². The maximum absolute atomic E-state index is 14.4. The van der Waals surface area contributed by atoms with Crippen LogP contribution >= 0.6 is 11.6 Å². The van der Waals surface area contributed by atoms with Gasteiger partial charge in [-0.3, -0.25) is 9.88 Å². The average Bonchev–Trinajstić information content (AvgIpc) is 3.55. The number of nitrogens with one attached hydrogen (secondary N) is 1. The van der Waals surface area contributed by atoms with Crippen LogP contribution < -0.4 is 11.0 Å². The second kappa shape index (κ2) is 13.7. The highest BCUT2D eigenvalue weighted by Crippen LogP contribution is 2.40. The van der Waals surface area contributed by atoms with Crippen LogP contribution in [0.25, 0.3) is 17.1 Å². The van der Waals surface area contributed by atoms with Gasteiger partial charge in [0.05, 0.1) is 6.54 Å². The van der Waals surface area contributed by atoms with E-state index in [4.69, 9.17) is 16.0 Å². The molecule has 0 radical (unpaired) electrons. The topological polar surface area (TPSA) is 131 Å². The number of aromatic nitrogens is 7. The van der Waals surface area contributed by atoms with Crippen molar-refractivity contribution in [3.05, 3.63) is 70.3 Å². The quantitative estimate of drug-likeness (QED) is 0.146. The molecule has 0 bridgehead atoms. The fourth-order valence-electron chi connectivity index (χ4n) is 4.00. The molecule has 12 nitrogen and oxygen atoms in total. The van der Waals surface area contributed by atoms with E-state index < -0.39 is 63.3 Å². The number of carbonyl (C=O) groups is 1. The number of anilines is 1. The summed E-state index contributed by atoms with van der Waals surface area (Å²) >= 11 is 6.01. The first kappa shape index (κ1) is 36.6. The number of carbonyl (C=O) groups excluding carboxylic acids is 1. The molecular weight excluding hydrogens is 690 g/mol. The third kappa shape index (κ3) is 9.01. The van der Waals surface area contributed by atoms with Crippen LogP contribution in [0.1, 0.15) is 26.6 Å². The summed E-state index contributed by atoms with van der Waals surface area (Å²) in [6, 6.07) is 8.89. The first-order chi connectivity index (χ1) is 22.1. The van der Waals surface area contributed by atoms with Crippen molar-refractivity contribution >= 4 is 31.8 Å². The molecule has 3 heterocycles. The number of amides is 1. The number of benzene rings is 1. The molecule has 0 aliphatic rings. The predicted molar refractivity (Wildman–Crippen MR) is 164 cm³/mol. The number of hydrogen-bond donors (Lipinski definition) is 1. The van der Waals surface area contributed by atoms with Crippen molar-refractivity contribution in [1.29, 1.82) is 0 Å². The summed E-state index contributed by atoms with van der Waals surface area (Å²) in [6.45, 7) is 5.65. The van der Waals surface area contributed by atoms with Crippen molar-refractivity contribution in [2.24, 2.45) is 0 Å². The summed E-state index contributed by atoms with van der Waals surface area (Å²) in [5.74, 6) is -0.323. The Morgan fingerprint density at radius 2 is 1.69 bits per heavy atom. The van der Waals surface area contributed by atoms with Gasteiger partial charge in [0.2, 0.25) is 0 Å². The zero-order valence-electron chi connectivity index (χ0n) is 26.2. The lowest BCUT2D eigenvalue weighted by molar-refractivity contribution is -0.202. The lowest BCUT2D eigenvalue weighted by Crippen LogP contribution is -2.50. The van der Waals surface area contributed by atoms with Gasteiger partial charge < -0.3 is 9.16 Å². The summed E-state index contributed by atoms with van der Waals surface area (Å²) in [6.07, 6.45) is -10.9. The Labute approximate surface area is 275 Å². The van der Waals surface area contributed by atoms with Gasteiger partial charge in [0.1, 0.15) is 18.6 Å². The van der Waals surface area contributed by atoms with Crippen molar-refractivity contribution in [2.45, 2.75) is 70.4 Å². The fourth-order valence-corrected chi connectivity index (χ4v) is 5.40. The van der Waals surface area contributed by atoms with Crippen LogP contribution in [0.2, 0.25) is 23.2 Å². The average molecular weight is 721 g/mol. The fraction of sp³-hybridized carbons (Fsp3) is 0.429. The van der Waals surface area contributed by atoms with E-state index >= 15 is 0 Å². The Morgan fingerprint density at radius 1 is 1.02 bits per heavy atom. The highest BCUT2D eigenvalue weighted by Gasteiger charge is 2.48. The van der Waals surface area contributed by atoms with Crippen LogP contribution in [0.3, 0.4) is 0 Å². The molecule has 1 N–H and O–H groups in total. The van der Waals surface area contributed by atoms with Gasteiger partial charge in [0, 0.05) is 16.8 Å². The number of alkyl halides is 6. The third-order valence-corrected chi connectivity index (χ3v) is 12.2. The van der Waals surface area contributed by atoms with Gasteiger partial charge in [-0.15, -0.1) is 10.2 Å². The normalized spacial score (nSPS) is 13.4. The Morgan fingerprint density at radius 3 is 2.29 bits per heavy atom. The minimum Gasteiger partial charge on any atom is -0.440 e. The smallest absolute Gasteiger partial charge is 0.422 e. The third-order valence-electron chi connectivity index (χ3n) is 7.43. The SMILES string of the molecule is CC(C)(C)[Si](C)(C)OC(Cn1c(-c2ccc(Cl)cc2)nn(Cc2ncn(-c3cccnc3NC(=O)OCC(F)(F)F)n2)c1=O)C(F)(F)F. The van der Waals surface area contributed by atoms with Gasteiger partial charge in [-0.25, -0.2) is 28.9 Å². The molecule has 20 heteroatoms. The van der Waals surface area contributed by atoms with Crippen molar-refractivity contribution in [1.82, 2.24) is 34.1 Å². The minimum absolute atomic E-state index is 0.0243. The van der Waals surface area contributed by atoms with Gasteiger partial charge in [0.15, 0.2) is 38.5 Å². The van der Waals surface area contributed by atoms with Crippen LogP contribution in [0, 0.1) is 0 Å². The lowest BCUT2D eigenvalue weighted by Gasteiger charge is -2.39. The molecule has 0 fully saturated rings. The van der Waals surface area contributed by atoms with Gasteiger partial charge in [-0.05, 0) is 54.5 Å². The second-order valence-corrected chi connectivity index (χ2v) is 17.3. The minimum atomic E-state index is -4.82. The molecule has 1 unspecified atom stereocenters. The van der Waals surface area contributed by atoms with E-state index in [9.17, 15) is 35.9 Å². The van der Waals surface area contributed by atoms with Crippen molar-refractivity contribution < 1.29 is 40.3 Å². The van der Waals surface area contributed by atoms with Crippen molar-refractivity contribution in [3.63, 3.8) is 0 Å². The van der Waals surface area contributed by atoms with Crippen LogP contribution in [-0.2, 0) is 22.3 Å². The second-order valence-electron chi connectivity index (χ2n) is 12.1. The number of nitrogens with zero attached hydrogens (tertiary/aromatic N) is 7. The maximum Gasteiger partial charge on any atom is 0.422 e. The number of halogens is 7. The highest BCUT2D eigenvalue weighted by molar-refractivity contribution is 6.74. The maximum atomic E-state index is 14.4. The summed E-state index contributed by atoms with van der Waals surface area (Å²) < 4.78 is 93.3. The molecule has 0 saturated heterocycles. The standard InChI is InChI=1S/C28H31ClF6N8O4Si/c1-26(2,3)48(4,5)47-20(28(33,34)35)13-41-23(17-8-10-18(29)11-9-17)40-42(25(41)45)14-21-37-16-43(39-21)19-7-6-12-36-22(19)38-24(44)46-15-27(30,31)32/h6-12,16,20H,13-15H2,1-5H3,(H,36,38,44). The molecule has 4 rings (SSSR count). The molecule has 0 aliphatic carbocycles. The Bertz CT molecular complexity index is 1800. The molecule has 260 valence electrons. The van der Waals surface area contributed by atoms with Crippen molar-refractivity contribution in [2.75, 3.05) is 11.9 Å². The summed E-state index contributed by atoms with van der Waals surface area (Å²) in [5, 5.41) is 10.4. The summed E-state index contributed by atoms with van der Waals surface area (Å²) in [4.78, 5) is 33.6. The van der Waals surface area contributed by atoms with E-state index in [1.54, 1.807) is 33.9 Å². The van der Waals surface area contributed by atoms with E-state index in [1.165, 1.54) is 48.9 Å². The van der Waals surface area contributed by atoms with Gasteiger partial charge in [0.25, 0.3) is 0 Å². The molecule has 1 atom stereocenters. The van der Waals surface area contributed by atoms with E-state index in [0.29, 0.717) is 10.6 Å². The Kier molecular flexibility index (Phi) is 10.5. The van der Waals surface area contributed by atoms with Gasteiger partial charge in [-0.2, -0.15) is 26.3 Å². The molecule has 1 aromatic carbocycles. The molecule has 0 saturated carbocycles. The van der Waals surface area contributed by atoms with E-state index in [2.05, 4.69) is 30.2 Å². The Balaban J connectivity index is 1.67. The monoisotopic (exact) mass is 720 g/mol. The van der Waals surface area contributed by atoms with Crippen molar-refractivity contribution in [3.8, 4) is 17.1 Å². The highest BCUT2D eigenvalue weighted by atomic mass is 35.5. The van der Waals surface area contributed by atoms with E-state index in [0.717, 1.165) is 13.9 Å².